The Morgan fingerprint density at radius 3 is 2.50 bits per heavy atom. The van der Waals surface area contributed by atoms with Gasteiger partial charge in [0.25, 0.3) is 0 Å². The van der Waals surface area contributed by atoms with E-state index in [1.54, 1.807) is 0 Å². The van der Waals surface area contributed by atoms with Crippen LogP contribution in [0.25, 0.3) is 0 Å². The summed E-state index contributed by atoms with van der Waals surface area (Å²) in [6, 6.07) is 0. The fraction of sp³-hybridized carbons (Fsp3) is 1.00. The maximum absolute atomic E-state index is 5.89. The molecule has 84 valence electrons. The van der Waals surface area contributed by atoms with Crippen LogP contribution in [0.3, 0.4) is 0 Å². The zero-order valence-electron chi connectivity index (χ0n) is 9.76. The monoisotopic (exact) mass is 198 g/mol. The van der Waals surface area contributed by atoms with Crippen LogP contribution in [0.15, 0.2) is 0 Å². The summed E-state index contributed by atoms with van der Waals surface area (Å²) < 4.78 is 0. The second-order valence-electron chi connectivity index (χ2n) is 4.83. The SMILES string of the molecule is CC[C@H](C)C[C@H](CN)C1CCNCC1. The molecule has 0 radical (unpaired) electrons. The van der Waals surface area contributed by atoms with Crippen molar-refractivity contribution in [2.24, 2.45) is 23.5 Å². The zero-order valence-corrected chi connectivity index (χ0v) is 9.76. The molecule has 0 amide bonds. The number of piperidine rings is 1. The molecule has 0 spiro atoms. The van der Waals surface area contributed by atoms with E-state index in [2.05, 4.69) is 19.2 Å². The van der Waals surface area contributed by atoms with Gasteiger partial charge in [0.2, 0.25) is 0 Å². The van der Waals surface area contributed by atoms with Gasteiger partial charge in [0.05, 0.1) is 0 Å². The molecule has 0 aromatic rings. The molecule has 2 nitrogen and oxygen atoms in total. The lowest BCUT2D eigenvalue weighted by Gasteiger charge is -2.31. The van der Waals surface area contributed by atoms with E-state index in [9.17, 15) is 0 Å². The van der Waals surface area contributed by atoms with Crippen molar-refractivity contribution in [2.75, 3.05) is 19.6 Å². The normalized spacial score (nSPS) is 23.4. The highest BCUT2D eigenvalue weighted by Crippen LogP contribution is 2.27. The van der Waals surface area contributed by atoms with E-state index in [1.807, 2.05) is 0 Å². The first kappa shape index (κ1) is 12.0. The second kappa shape index (κ2) is 6.41. The van der Waals surface area contributed by atoms with Crippen molar-refractivity contribution in [2.45, 2.75) is 39.5 Å². The molecule has 0 aromatic heterocycles. The van der Waals surface area contributed by atoms with Crippen molar-refractivity contribution in [3.8, 4) is 0 Å². The molecule has 1 aliphatic heterocycles. The standard InChI is InChI=1S/C12H26N2/c1-3-10(2)8-12(9-13)11-4-6-14-7-5-11/h10-12,14H,3-9,13H2,1-2H3/t10-,12+/m0/s1. The van der Waals surface area contributed by atoms with Crippen molar-refractivity contribution in [1.29, 1.82) is 0 Å². The Morgan fingerprint density at radius 1 is 1.36 bits per heavy atom. The Labute approximate surface area is 88.6 Å². The van der Waals surface area contributed by atoms with Gasteiger partial charge in [0.15, 0.2) is 0 Å². The second-order valence-corrected chi connectivity index (χ2v) is 4.83. The summed E-state index contributed by atoms with van der Waals surface area (Å²) in [4.78, 5) is 0. The number of hydrogen-bond acceptors (Lipinski definition) is 2. The van der Waals surface area contributed by atoms with Crippen LogP contribution in [0.1, 0.15) is 39.5 Å². The van der Waals surface area contributed by atoms with Gasteiger partial charge in [-0.1, -0.05) is 20.3 Å². The van der Waals surface area contributed by atoms with Crippen LogP contribution in [0.5, 0.6) is 0 Å². The van der Waals surface area contributed by atoms with Gasteiger partial charge in [-0.05, 0) is 56.7 Å². The average molecular weight is 198 g/mol. The van der Waals surface area contributed by atoms with Crippen LogP contribution in [0.2, 0.25) is 0 Å². The van der Waals surface area contributed by atoms with Crippen LogP contribution < -0.4 is 11.1 Å². The summed E-state index contributed by atoms with van der Waals surface area (Å²) in [7, 11) is 0. The molecule has 1 saturated heterocycles. The van der Waals surface area contributed by atoms with Gasteiger partial charge >= 0.3 is 0 Å². The van der Waals surface area contributed by atoms with Crippen molar-refractivity contribution in [3.05, 3.63) is 0 Å². The first-order valence-corrected chi connectivity index (χ1v) is 6.18. The predicted octanol–water partition coefficient (Wildman–Crippen LogP) is 2.00. The van der Waals surface area contributed by atoms with Gasteiger partial charge in [-0.25, -0.2) is 0 Å². The summed E-state index contributed by atoms with van der Waals surface area (Å²) in [5.74, 6) is 2.50. The molecule has 2 heteroatoms. The molecule has 1 heterocycles. The molecule has 1 aliphatic rings. The van der Waals surface area contributed by atoms with Crippen molar-refractivity contribution >= 4 is 0 Å². The van der Waals surface area contributed by atoms with E-state index in [0.29, 0.717) is 0 Å². The molecular formula is C12H26N2. The maximum Gasteiger partial charge on any atom is -0.00461 e. The minimum atomic E-state index is 0.770. The molecule has 0 saturated carbocycles. The van der Waals surface area contributed by atoms with Crippen molar-refractivity contribution in [1.82, 2.24) is 5.32 Å². The summed E-state index contributed by atoms with van der Waals surface area (Å²) in [5.41, 5.74) is 5.89. The van der Waals surface area contributed by atoms with Gasteiger partial charge in [-0.15, -0.1) is 0 Å². The van der Waals surface area contributed by atoms with E-state index < -0.39 is 0 Å². The minimum Gasteiger partial charge on any atom is -0.330 e. The number of rotatable bonds is 5. The fourth-order valence-corrected chi connectivity index (χ4v) is 2.48. The number of hydrogen-bond donors (Lipinski definition) is 2. The number of nitrogens with one attached hydrogen (secondary N) is 1. The first-order chi connectivity index (χ1) is 6.77. The molecule has 14 heavy (non-hydrogen) atoms. The summed E-state index contributed by atoms with van der Waals surface area (Å²) in [6.45, 7) is 7.91. The molecule has 0 aromatic carbocycles. The highest BCUT2D eigenvalue weighted by molar-refractivity contribution is 4.77. The quantitative estimate of drug-likeness (QED) is 0.709. The Kier molecular flexibility index (Phi) is 5.49. The summed E-state index contributed by atoms with van der Waals surface area (Å²) in [5, 5.41) is 3.42. The van der Waals surface area contributed by atoms with Crippen LogP contribution in [-0.4, -0.2) is 19.6 Å². The van der Waals surface area contributed by atoms with Gasteiger partial charge in [-0.3, -0.25) is 0 Å². The third-order valence-electron chi connectivity index (χ3n) is 3.76. The van der Waals surface area contributed by atoms with Gasteiger partial charge in [0, 0.05) is 0 Å². The van der Waals surface area contributed by atoms with Gasteiger partial charge in [-0.2, -0.15) is 0 Å². The summed E-state index contributed by atoms with van der Waals surface area (Å²) >= 11 is 0. The molecule has 3 N–H and O–H groups in total. The van der Waals surface area contributed by atoms with E-state index >= 15 is 0 Å². The highest BCUT2D eigenvalue weighted by Gasteiger charge is 2.23. The van der Waals surface area contributed by atoms with E-state index in [-0.39, 0.29) is 0 Å². The van der Waals surface area contributed by atoms with Gasteiger partial charge in [0.1, 0.15) is 0 Å². The van der Waals surface area contributed by atoms with Crippen molar-refractivity contribution < 1.29 is 0 Å². The van der Waals surface area contributed by atoms with Gasteiger partial charge < -0.3 is 11.1 Å². The molecule has 1 rings (SSSR count). The van der Waals surface area contributed by atoms with Crippen LogP contribution in [-0.2, 0) is 0 Å². The van der Waals surface area contributed by atoms with E-state index in [1.165, 1.54) is 38.8 Å². The Hall–Kier alpha value is -0.0800. The maximum atomic E-state index is 5.89. The third-order valence-corrected chi connectivity index (χ3v) is 3.76. The minimum absolute atomic E-state index is 0.770. The Morgan fingerprint density at radius 2 is 2.00 bits per heavy atom. The van der Waals surface area contributed by atoms with Crippen LogP contribution >= 0.6 is 0 Å². The molecule has 0 aliphatic carbocycles. The number of nitrogens with two attached hydrogens (primary N) is 1. The van der Waals surface area contributed by atoms with Crippen LogP contribution in [0.4, 0.5) is 0 Å². The molecule has 0 unspecified atom stereocenters. The molecule has 1 fully saturated rings. The van der Waals surface area contributed by atoms with Crippen molar-refractivity contribution in [3.63, 3.8) is 0 Å². The highest BCUT2D eigenvalue weighted by atomic mass is 14.9. The van der Waals surface area contributed by atoms with E-state index in [0.717, 1.165) is 24.3 Å². The lowest BCUT2D eigenvalue weighted by atomic mass is 9.79. The molecule has 0 bridgehead atoms. The largest absolute Gasteiger partial charge is 0.330 e. The molecular weight excluding hydrogens is 172 g/mol. The third kappa shape index (κ3) is 3.58. The topological polar surface area (TPSA) is 38.0 Å². The zero-order chi connectivity index (χ0) is 10.4. The Balaban J connectivity index is 2.35. The smallest absolute Gasteiger partial charge is 0.00461 e. The van der Waals surface area contributed by atoms with E-state index in [4.69, 9.17) is 5.73 Å². The predicted molar refractivity (Wildman–Crippen MR) is 62.2 cm³/mol. The first-order valence-electron chi connectivity index (χ1n) is 6.18. The lowest BCUT2D eigenvalue weighted by molar-refractivity contribution is 0.226. The summed E-state index contributed by atoms with van der Waals surface area (Å²) in [6.07, 6.45) is 5.29. The fourth-order valence-electron chi connectivity index (χ4n) is 2.48. The Bertz CT molecular complexity index is 141. The molecule has 2 atom stereocenters. The lowest BCUT2D eigenvalue weighted by Crippen LogP contribution is -2.35. The van der Waals surface area contributed by atoms with Crippen LogP contribution in [0, 0.1) is 17.8 Å². The average Bonchev–Trinajstić information content (AvgIpc) is 2.26.